The van der Waals surface area contributed by atoms with Crippen LogP contribution in [0.2, 0.25) is 0 Å². The first-order valence-electron chi connectivity index (χ1n) is 8.38. The molecule has 6 heteroatoms. The Hall–Kier alpha value is -2.63. The number of rotatable bonds is 3. The molecule has 0 N–H and O–H groups in total. The van der Waals surface area contributed by atoms with Crippen LogP contribution < -0.4 is 0 Å². The summed E-state index contributed by atoms with van der Waals surface area (Å²) in [6.07, 6.45) is 2.26. The van der Waals surface area contributed by atoms with Crippen LogP contribution in [0.4, 0.5) is 0 Å². The van der Waals surface area contributed by atoms with Crippen LogP contribution in [-0.2, 0) is 23.9 Å². The number of hydrogen-bond donors (Lipinski definition) is 0. The molecule has 1 saturated heterocycles. The Morgan fingerprint density at radius 3 is 2.68 bits per heavy atom. The van der Waals surface area contributed by atoms with Crippen molar-refractivity contribution < 1.29 is 23.9 Å². The number of fused-ring (bicyclic) bond motifs is 1. The molecule has 0 aromatic heterocycles. The van der Waals surface area contributed by atoms with E-state index in [0.29, 0.717) is 18.5 Å². The number of hydrogen-bond acceptors (Lipinski definition) is 5. The highest BCUT2D eigenvalue weighted by molar-refractivity contribution is 5.93. The lowest BCUT2D eigenvalue weighted by molar-refractivity contribution is -0.157. The standard InChI is InChI=1S/C19H21NO5/c1-3-19(18(23)24-2)10-9-16(21)20-14(13-7-5-4-6-8-13)12-25-17(22)11-15(19)20/h4-8,11,14H,3,9-10,12H2,1-2H3/t14-,19+/m0/s1. The van der Waals surface area contributed by atoms with Gasteiger partial charge in [-0.1, -0.05) is 37.3 Å². The second kappa shape index (κ2) is 6.70. The van der Waals surface area contributed by atoms with Gasteiger partial charge in [0.05, 0.1) is 13.2 Å². The average molecular weight is 343 g/mol. The van der Waals surface area contributed by atoms with E-state index in [9.17, 15) is 14.4 Å². The van der Waals surface area contributed by atoms with Crippen LogP contribution in [-0.4, -0.2) is 36.5 Å². The summed E-state index contributed by atoms with van der Waals surface area (Å²) in [7, 11) is 1.32. The topological polar surface area (TPSA) is 72.9 Å². The van der Waals surface area contributed by atoms with Crippen LogP contribution in [0.25, 0.3) is 0 Å². The number of esters is 2. The number of ether oxygens (including phenoxy) is 2. The van der Waals surface area contributed by atoms with Crippen molar-refractivity contribution in [1.29, 1.82) is 0 Å². The molecule has 0 radical (unpaired) electrons. The second-order valence-electron chi connectivity index (χ2n) is 6.28. The summed E-state index contributed by atoms with van der Waals surface area (Å²) in [5.74, 6) is -1.10. The second-order valence-corrected chi connectivity index (χ2v) is 6.28. The Labute approximate surface area is 146 Å². The summed E-state index contributed by atoms with van der Waals surface area (Å²) < 4.78 is 10.3. The van der Waals surface area contributed by atoms with Crippen molar-refractivity contribution in [2.45, 2.75) is 32.2 Å². The molecular formula is C19H21NO5. The van der Waals surface area contributed by atoms with Crippen molar-refractivity contribution in [1.82, 2.24) is 4.90 Å². The van der Waals surface area contributed by atoms with Gasteiger partial charge in [0.15, 0.2) is 0 Å². The molecule has 0 unspecified atom stereocenters. The van der Waals surface area contributed by atoms with E-state index in [-0.39, 0.29) is 18.9 Å². The molecule has 0 saturated carbocycles. The van der Waals surface area contributed by atoms with Crippen molar-refractivity contribution in [2.75, 3.05) is 13.7 Å². The number of cyclic esters (lactones) is 1. The van der Waals surface area contributed by atoms with E-state index in [0.717, 1.165) is 5.56 Å². The average Bonchev–Trinajstić information content (AvgIpc) is 2.82. The van der Waals surface area contributed by atoms with Crippen LogP contribution >= 0.6 is 0 Å². The number of carbonyl (C=O) groups excluding carboxylic acids is 3. The highest BCUT2D eigenvalue weighted by atomic mass is 16.5. The van der Waals surface area contributed by atoms with Gasteiger partial charge in [-0.05, 0) is 18.4 Å². The summed E-state index contributed by atoms with van der Waals surface area (Å²) in [6, 6.07) is 8.93. The molecule has 2 aliphatic rings. The number of methoxy groups -OCH3 is 1. The van der Waals surface area contributed by atoms with Crippen molar-refractivity contribution >= 4 is 17.8 Å². The predicted octanol–water partition coefficient (Wildman–Crippen LogP) is 2.36. The van der Waals surface area contributed by atoms with Crippen LogP contribution in [0, 0.1) is 5.41 Å². The van der Waals surface area contributed by atoms with E-state index in [2.05, 4.69) is 0 Å². The number of amides is 1. The number of carbonyl (C=O) groups is 3. The van der Waals surface area contributed by atoms with Crippen LogP contribution in [0.3, 0.4) is 0 Å². The van der Waals surface area contributed by atoms with Crippen molar-refractivity contribution in [3.63, 3.8) is 0 Å². The minimum atomic E-state index is -1.01. The zero-order chi connectivity index (χ0) is 18.0. The Morgan fingerprint density at radius 2 is 2.04 bits per heavy atom. The molecule has 1 fully saturated rings. The predicted molar refractivity (Wildman–Crippen MR) is 89.0 cm³/mol. The molecule has 2 heterocycles. The lowest BCUT2D eigenvalue weighted by Crippen LogP contribution is -2.50. The third-order valence-electron chi connectivity index (χ3n) is 5.10. The van der Waals surface area contributed by atoms with Crippen molar-refractivity contribution in [3.05, 3.63) is 47.7 Å². The molecule has 1 aromatic carbocycles. The molecular weight excluding hydrogens is 322 g/mol. The normalized spacial score (nSPS) is 26.2. The first-order chi connectivity index (χ1) is 12.0. The number of piperidine rings is 1. The lowest BCUT2D eigenvalue weighted by atomic mass is 9.73. The Balaban J connectivity index is 2.15. The molecule has 0 spiro atoms. The van der Waals surface area contributed by atoms with Gasteiger partial charge >= 0.3 is 11.9 Å². The fourth-order valence-electron chi connectivity index (χ4n) is 3.70. The minimum Gasteiger partial charge on any atom is -0.468 e. The maximum Gasteiger partial charge on any atom is 0.332 e. The van der Waals surface area contributed by atoms with Crippen LogP contribution in [0.1, 0.15) is 37.8 Å². The largest absolute Gasteiger partial charge is 0.468 e. The van der Waals surface area contributed by atoms with Gasteiger partial charge in [0, 0.05) is 18.2 Å². The fraction of sp³-hybridized carbons (Fsp3) is 0.421. The molecule has 0 bridgehead atoms. The van der Waals surface area contributed by atoms with E-state index < -0.39 is 23.4 Å². The first-order valence-corrected chi connectivity index (χ1v) is 8.38. The van der Waals surface area contributed by atoms with Crippen LogP contribution in [0.15, 0.2) is 42.1 Å². The summed E-state index contributed by atoms with van der Waals surface area (Å²) in [4.78, 5) is 39.0. The van der Waals surface area contributed by atoms with Gasteiger partial charge in [0.2, 0.25) is 5.91 Å². The maximum absolute atomic E-state index is 12.8. The molecule has 0 aliphatic carbocycles. The number of benzene rings is 1. The molecule has 25 heavy (non-hydrogen) atoms. The Kier molecular flexibility index (Phi) is 4.61. The van der Waals surface area contributed by atoms with E-state index in [1.165, 1.54) is 13.2 Å². The molecule has 1 aromatic rings. The van der Waals surface area contributed by atoms with Gasteiger partial charge in [0.1, 0.15) is 12.0 Å². The van der Waals surface area contributed by atoms with Gasteiger partial charge in [-0.25, -0.2) is 4.79 Å². The number of nitrogens with zero attached hydrogens (tertiary/aromatic N) is 1. The van der Waals surface area contributed by atoms with E-state index in [4.69, 9.17) is 9.47 Å². The monoisotopic (exact) mass is 343 g/mol. The minimum absolute atomic E-state index is 0.0511. The third-order valence-corrected chi connectivity index (χ3v) is 5.10. The van der Waals surface area contributed by atoms with E-state index in [1.807, 2.05) is 37.3 Å². The van der Waals surface area contributed by atoms with Crippen molar-refractivity contribution in [2.24, 2.45) is 5.41 Å². The van der Waals surface area contributed by atoms with Gasteiger partial charge in [0.25, 0.3) is 0 Å². The molecule has 6 nitrogen and oxygen atoms in total. The molecule has 132 valence electrons. The fourth-order valence-corrected chi connectivity index (χ4v) is 3.70. The summed E-state index contributed by atoms with van der Waals surface area (Å²) in [5, 5.41) is 0. The first kappa shape index (κ1) is 17.2. The summed E-state index contributed by atoms with van der Waals surface area (Å²) in [6.45, 7) is 1.91. The van der Waals surface area contributed by atoms with Gasteiger partial charge in [-0.2, -0.15) is 0 Å². The van der Waals surface area contributed by atoms with Crippen LogP contribution in [0.5, 0.6) is 0 Å². The quantitative estimate of drug-likeness (QED) is 0.788. The zero-order valence-electron chi connectivity index (χ0n) is 14.4. The lowest BCUT2D eigenvalue weighted by Gasteiger charge is -2.44. The smallest absolute Gasteiger partial charge is 0.332 e. The third kappa shape index (κ3) is 2.81. The van der Waals surface area contributed by atoms with Gasteiger partial charge < -0.3 is 14.4 Å². The summed E-state index contributed by atoms with van der Waals surface area (Å²) in [5.41, 5.74) is 0.224. The zero-order valence-corrected chi connectivity index (χ0v) is 14.4. The highest BCUT2D eigenvalue weighted by Crippen LogP contribution is 2.47. The summed E-state index contributed by atoms with van der Waals surface area (Å²) >= 11 is 0. The SMILES string of the molecule is CC[C@@]1(C(=O)OC)CCC(=O)N2C1=CC(=O)OC[C@H]2c1ccccc1. The Bertz CT molecular complexity index is 727. The highest BCUT2D eigenvalue weighted by Gasteiger charge is 2.51. The molecule has 2 atom stereocenters. The van der Waals surface area contributed by atoms with E-state index >= 15 is 0 Å². The Morgan fingerprint density at radius 1 is 1.32 bits per heavy atom. The van der Waals surface area contributed by atoms with Gasteiger partial charge in [-0.15, -0.1) is 0 Å². The molecule has 1 amide bonds. The maximum atomic E-state index is 12.8. The van der Waals surface area contributed by atoms with Crippen molar-refractivity contribution in [3.8, 4) is 0 Å². The molecule has 3 rings (SSSR count). The van der Waals surface area contributed by atoms with Gasteiger partial charge in [-0.3, -0.25) is 9.59 Å². The van der Waals surface area contributed by atoms with E-state index in [1.54, 1.807) is 4.90 Å². The molecule has 2 aliphatic heterocycles.